The average Bonchev–Trinajstić information content (AvgIpc) is 3.05. The number of aliphatic imine (C=N–C) groups is 1. The second kappa shape index (κ2) is 4.19. The van der Waals surface area contributed by atoms with Crippen molar-refractivity contribution in [3.63, 3.8) is 0 Å². The highest BCUT2D eigenvalue weighted by Gasteiger charge is 2.27. The molecule has 0 radical (unpaired) electrons. The predicted molar refractivity (Wildman–Crippen MR) is 58.8 cm³/mol. The van der Waals surface area contributed by atoms with Crippen molar-refractivity contribution >= 4 is 11.8 Å². The quantitative estimate of drug-likeness (QED) is 0.572. The van der Waals surface area contributed by atoms with Gasteiger partial charge in [-0.2, -0.15) is 0 Å². The Kier molecular flexibility index (Phi) is 2.52. The Bertz CT molecular complexity index is 528. The van der Waals surface area contributed by atoms with E-state index in [1.54, 1.807) is 23.7 Å². The summed E-state index contributed by atoms with van der Waals surface area (Å²) < 4.78 is 15.8. The summed E-state index contributed by atoms with van der Waals surface area (Å²) in [4.78, 5) is 15.3. The number of nitrogens with zero attached hydrogens (tertiary/aromatic N) is 1. The fraction of sp³-hybridized carbons (Fsp3) is 0.273. The fourth-order valence-electron chi connectivity index (χ4n) is 1.77. The summed E-state index contributed by atoms with van der Waals surface area (Å²) in [6.07, 6.45) is 0. The lowest BCUT2D eigenvalue weighted by molar-refractivity contribution is -0.130. The second-order valence-corrected chi connectivity index (χ2v) is 3.81. The van der Waals surface area contributed by atoms with Crippen LogP contribution < -0.4 is 15.0 Å². The van der Waals surface area contributed by atoms with Gasteiger partial charge in [-0.05, 0) is 18.2 Å². The van der Waals surface area contributed by atoms with Gasteiger partial charge in [0.2, 0.25) is 12.7 Å². The van der Waals surface area contributed by atoms with Gasteiger partial charge >= 0.3 is 0 Å². The second-order valence-electron chi connectivity index (χ2n) is 3.81. The Hall–Kier alpha value is -2.28. The standard InChI is InChI=1S/C11H10N2O5/c14-10(13-15)7-4-16-11(12-7)6-1-2-8-9(3-6)18-5-17-8/h1-3,7,15H,4-5H2,(H,13,14)/t7-/m1/s1. The smallest absolute Gasteiger partial charge is 0.271 e. The van der Waals surface area contributed by atoms with Crippen LogP contribution in [0.3, 0.4) is 0 Å². The van der Waals surface area contributed by atoms with Crippen LogP contribution in [0.25, 0.3) is 0 Å². The van der Waals surface area contributed by atoms with E-state index < -0.39 is 11.9 Å². The first-order valence-corrected chi connectivity index (χ1v) is 5.32. The normalized spacial score (nSPS) is 20.3. The van der Waals surface area contributed by atoms with Crippen molar-refractivity contribution in [3.05, 3.63) is 23.8 Å². The summed E-state index contributed by atoms with van der Waals surface area (Å²) in [5, 5.41) is 8.52. The summed E-state index contributed by atoms with van der Waals surface area (Å²) >= 11 is 0. The van der Waals surface area contributed by atoms with E-state index in [0.717, 1.165) is 0 Å². The number of carbonyl (C=O) groups is 1. The fourth-order valence-corrected chi connectivity index (χ4v) is 1.77. The van der Waals surface area contributed by atoms with E-state index in [2.05, 4.69) is 4.99 Å². The Labute approximate surface area is 102 Å². The van der Waals surface area contributed by atoms with Gasteiger partial charge in [-0.15, -0.1) is 0 Å². The molecule has 0 aliphatic carbocycles. The van der Waals surface area contributed by atoms with Crippen LogP contribution in [-0.2, 0) is 9.53 Å². The molecular weight excluding hydrogens is 240 g/mol. The van der Waals surface area contributed by atoms with Gasteiger partial charge < -0.3 is 14.2 Å². The van der Waals surface area contributed by atoms with E-state index in [-0.39, 0.29) is 13.4 Å². The van der Waals surface area contributed by atoms with Gasteiger partial charge in [-0.1, -0.05) is 0 Å². The molecule has 2 heterocycles. The van der Waals surface area contributed by atoms with Crippen LogP contribution >= 0.6 is 0 Å². The molecule has 1 atom stereocenters. The molecule has 2 aliphatic heterocycles. The van der Waals surface area contributed by atoms with Gasteiger partial charge in [-0.3, -0.25) is 10.0 Å². The maximum Gasteiger partial charge on any atom is 0.271 e. The van der Waals surface area contributed by atoms with Crippen molar-refractivity contribution in [2.45, 2.75) is 6.04 Å². The molecule has 0 unspecified atom stereocenters. The van der Waals surface area contributed by atoms with Crippen LogP contribution in [0.1, 0.15) is 5.56 Å². The monoisotopic (exact) mass is 250 g/mol. The Morgan fingerprint density at radius 1 is 1.33 bits per heavy atom. The van der Waals surface area contributed by atoms with Crippen molar-refractivity contribution in [3.8, 4) is 11.5 Å². The highest BCUT2D eigenvalue weighted by molar-refractivity contribution is 5.98. The van der Waals surface area contributed by atoms with Gasteiger partial charge in [0, 0.05) is 5.56 Å². The lowest BCUT2D eigenvalue weighted by Crippen LogP contribution is -2.31. The van der Waals surface area contributed by atoms with E-state index in [1.165, 1.54) is 0 Å². The van der Waals surface area contributed by atoms with E-state index in [4.69, 9.17) is 19.4 Å². The predicted octanol–water partition coefficient (Wildman–Crippen LogP) is 0.0661. The molecule has 94 valence electrons. The van der Waals surface area contributed by atoms with Crippen molar-refractivity contribution in [2.24, 2.45) is 4.99 Å². The minimum Gasteiger partial charge on any atom is -0.475 e. The van der Waals surface area contributed by atoms with E-state index in [1.807, 2.05) is 0 Å². The van der Waals surface area contributed by atoms with E-state index in [9.17, 15) is 4.79 Å². The number of nitrogens with one attached hydrogen (secondary N) is 1. The zero-order chi connectivity index (χ0) is 12.5. The third-order valence-electron chi connectivity index (χ3n) is 2.68. The van der Waals surface area contributed by atoms with Gasteiger partial charge in [0.25, 0.3) is 5.91 Å². The highest BCUT2D eigenvalue weighted by Crippen LogP contribution is 2.33. The number of amides is 1. The first-order valence-electron chi connectivity index (χ1n) is 5.32. The van der Waals surface area contributed by atoms with Gasteiger partial charge in [0.15, 0.2) is 17.5 Å². The number of rotatable bonds is 2. The molecule has 0 spiro atoms. The van der Waals surface area contributed by atoms with Gasteiger partial charge in [0.1, 0.15) is 6.61 Å². The van der Waals surface area contributed by atoms with Crippen molar-refractivity contribution in [1.82, 2.24) is 5.48 Å². The van der Waals surface area contributed by atoms with Crippen LogP contribution in [0.2, 0.25) is 0 Å². The Balaban J connectivity index is 1.85. The summed E-state index contributed by atoms with van der Waals surface area (Å²) in [7, 11) is 0. The molecular formula is C11H10N2O5. The molecule has 0 saturated carbocycles. The summed E-state index contributed by atoms with van der Waals surface area (Å²) in [5.74, 6) is 1.04. The minimum absolute atomic E-state index is 0.107. The van der Waals surface area contributed by atoms with Crippen LogP contribution in [0.15, 0.2) is 23.2 Å². The first-order chi connectivity index (χ1) is 8.78. The number of carbonyl (C=O) groups excluding carboxylic acids is 1. The van der Waals surface area contributed by atoms with Crippen molar-refractivity contribution in [1.29, 1.82) is 0 Å². The molecule has 1 aromatic carbocycles. The number of hydrogen-bond donors (Lipinski definition) is 2. The van der Waals surface area contributed by atoms with Crippen LogP contribution in [0.4, 0.5) is 0 Å². The highest BCUT2D eigenvalue weighted by atomic mass is 16.7. The number of ether oxygens (including phenoxy) is 3. The minimum atomic E-state index is -0.726. The molecule has 2 N–H and O–H groups in total. The lowest BCUT2D eigenvalue weighted by atomic mass is 10.2. The maximum atomic E-state index is 11.2. The number of fused-ring (bicyclic) bond motifs is 1. The lowest BCUT2D eigenvalue weighted by Gasteiger charge is -2.02. The molecule has 7 nitrogen and oxygen atoms in total. The molecule has 0 saturated heterocycles. The Morgan fingerprint density at radius 3 is 3.00 bits per heavy atom. The first kappa shape index (κ1) is 10.8. The molecule has 0 fully saturated rings. The molecule has 18 heavy (non-hydrogen) atoms. The molecule has 7 heteroatoms. The zero-order valence-electron chi connectivity index (χ0n) is 9.25. The molecule has 2 aliphatic rings. The third kappa shape index (κ3) is 1.74. The topological polar surface area (TPSA) is 89.4 Å². The van der Waals surface area contributed by atoms with Crippen molar-refractivity contribution < 1.29 is 24.2 Å². The molecule has 3 rings (SSSR count). The number of hydroxylamine groups is 1. The largest absolute Gasteiger partial charge is 0.475 e. The van der Waals surface area contributed by atoms with Gasteiger partial charge in [0.05, 0.1) is 0 Å². The summed E-state index contributed by atoms with van der Waals surface area (Å²) in [5.41, 5.74) is 2.25. The average molecular weight is 250 g/mol. The number of hydrogen-bond acceptors (Lipinski definition) is 6. The third-order valence-corrected chi connectivity index (χ3v) is 2.68. The molecule has 1 aromatic rings. The van der Waals surface area contributed by atoms with E-state index in [0.29, 0.717) is 23.0 Å². The van der Waals surface area contributed by atoms with Crippen LogP contribution in [-0.4, -0.2) is 36.5 Å². The maximum absolute atomic E-state index is 11.2. The van der Waals surface area contributed by atoms with Crippen LogP contribution in [0, 0.1) is 0 Å². The molecule has 0 aromatic heterocycles. The van der Waals surface area contributed by atoms with Gasteiger partial charge in [-0.25, -0.2) is 10.5 Å². The SMILES string of the molecule is O=C(NO)[C@H]1COC(c2ccc3c(c2)OCO3)=N1. The van der Waals surface area contributed by atoms with Crippen LogP contribution in [0.5, 0.6) is 11.5 Å². The van der Waals surface area contributed by atoms with Crippen molar-refractivity contribution in [2.75, 3.05) is 13.4 Å². The molecule has 1 amide bonds. The summed E-state index contributed by atoms with van der Waals surface area (Å²) in [6, 6.07) is 4.53. The van der Waals surface area contributed by atoms with E-state index >= 15 is 0 Å². The Morgan fingerprint density at radius 2 is 2.17 bits per heavy atom. The number of benzene rings is 1. The zero-order valence-corrected chi connectivity index (χ0v) is 9.25. The summed E-state index contributed by atoms with van der Waals surface area (Å²) in [6.45, 7) is 0.303. The molecule has 0 bridgehead atoms.